The summed E-state index contributed by atoms with van der Waals surface area (Å²) in [6.45, 7) is 5.15. The molecule has 1 heterocycles. The van der Waals surface area contributed by atoms with E-state index in [4.69, 9.17) is 13.9 Å². The fourth-order valence-electron chi connectivity index (χ4n) is 1.39. The van der Waals surface area contributed by atoms with Crippen LogP contribution in [0.3, 0.4) is 0 Å². The van der Waals surface area contributed by atoms with Crippen molar-refractivity contribution >= 4 is 12.1 Å². The number of alkyl carbamates (subject to hydrolysis) is 1. The number of amides is 1. The number of carbonyl (C=O) groups excluding carboxylic acids is 2. The van der Waals surface area contributed by atoms with Crippen LogP contribution in [0.1, 0.15) is 32.6 Å². The Bertz CT molecular complexity index is 473. The molecule has 7 nitrogen and oxygen atoms in total. The lowest BCUT2D eigenvalue weighted by Gasteiger charge is -2.21. The summed E-state index contributed by atoms with van der Waals surface area (Å²) < 4.78 is 19.9. The number of hydrogen-bond donors (Lipinski definition) is 1. The van der Waals surface area contributed by atoms with Gasteiger partial charge in [0.15, 0.2) is 6.04 Å². The molecule has 1 aromatic heterocycles. The van der Waals surface area contributed by atoms with Crippen LogP contribution in [0.4, 0.5) is 4.79 Å². The zero-order valence-corrected chi connectivity index (χ0v) is 12.2. The highest BCUT2D eigenvalue weighted by Crippen LogP contribution is 2.23. The lowest BCUT2D eigenvalue weighted by atomic mass is 10.2. The molecule has 7 heteroatoms. The Morgan fingerprint density at radius 1 is 1.25 bits per heavy atom. The molecule has 1 aromatic rings. The number of hydrogen-bond acceptors (Lipinski definition) is 6. The molecule has 0 aliphatic heterocycles. The number of esters is 1. The summed E-state index contributed by atoms with van der Waals surface area (Å²) in [6.07, 6.45) is -0.747. The van der Waals surface area contributed by atoms with Gasteiger partial charge in [0, 0.05) is 6.07 Å². The van der Waals surface area contributed by atoms with Crippen LogP contribution in [0.25, 0.3) is 0 Å². The van der Waals surface area contributed by atoms with Crippen molar-refractivity contribution in [3.8, 4) is 5.95 Å². The molecule has 0 spiro atoms. The fraction of sp³-hybridized carbons (Fsp3) is 0.538. The lowest BCUT2D eigenvalue weighted by molar-refractivity contribution is -0.143. The minimum absolute atomic E-state index is 0.194. The lowest BCUT2D eigenvalue weighted by Crippen LogP contribution is -2.38. The van der Waals surface area contributed by atoms with E-state index in [9.17, 15) is 9.59 Å². The topological polar surface area (TPSA) is 87.0 Å². The van der Waals surface area contributed by atoms with E-state index < -0.39 is 23.7 Å². The number of nitrogens with one attached hydrogen (secondary N) is 1. The quantitative estimate of drug-likeness (QED) is 0.852. The van der Waals surface area contributed by atoms with Crippen molar-refractivity contribution in [3.63, 3.8) is 0 Å². The van der Waals surface area contributed by atoms with Gasteiger partial charge in [0.1, 0.15) is 11.4 Å². The third-order valence-corrected chi connectivity index (χ3v) is 2.19. The van der Waals surface area contributed by atoms with Gasteiger partial charge in [-0.25, -0.2) is 9.59 Å². The predicted molar refractivity (Wildman–Crippen MR) is 69.4 cm³/mol. The van der Waals surface area contributed by atoms with Gasteiger partial charge in [-0.3, -0.25) is 0 Å². The third-order valence-electron chi connectivity index (χ3n) is 2.19. The highest BCUT2D eigenvalue weighted by molar-refractivity contribution is 5.82. The Balaban J connectivity index is 2.85. The predicted octanol–water partition coefficient (Wildman–Crippen LogP) is 2.03. The monoisotopic (exact) mass is 285 g/mol. The second-order valence-corrected chi connectivity index (χ2v) is 4.96. The number of ether oxygens (including phenoxy) is 3. The molecular formula is C13H19NO6. The maximum Gasteiger partial charge on any atom is 0.408 e. The van der Waals surface area contributed by atoms with Gasteiger partial charge >= 0.3 is 12.1 Å². The first kappa shape index (κ1) is 15.9. The first-order valence-corrected chi connectivity index (χ1v) is 5.98. The average Bonchev–Trinajstić information content (AvgIpc) is 2.81. The van der Waals surface area contributed by atoms with Crippen molar-refractivity contribution in [3.05, 3.63) is 17.9 Å². The molecule has 1 N–H and O–H groups in total. The number of carbonyl (C=O) groups is 2. The summed E-state index contributed by atoms with van der Waals surface area (Å²) in [5, 5.41) is 2.39. The summed E-state index contributed by atoms with van der Waals surface area (Å²) in [7, 11) is 2.64. The molecule has 0 aliphatic rings. The largest absolute Gasteiger partial charge is 0.468 e. The minimum Gasteiger partial charge on any atom is -0.468 e. The minimum atomic E-state index is -1.10. The molecule has 0 radical (unpaired) electrons. The summed E-state index contributed by atoms with van der Waals surface area (Å²) in [5.41, 5.74) is -0.675. The van der Waals surface area contributed by atoms with Crippen molar-refractivity contribution in [1.82, 2.24) is 5.32 Å². The average molecular weight is 285 g/mol. The summed E-state index contributed by atoms with van der Waals surface area (Å²) in [4.78, 5) is 23.4. The standard InChI is InChI=1S/C13H19NO6/c1-13(2,3)20-12(16)14-10(11(15)18-5)8-6-7-9(17-4)19-8/h6-7,10H,1-5H3,(H,14,16)/t10-/m0/s1. The van der Waals surface area contributed by atoms with Crippen LogP contribution in [-0.2, 0) is 14.3 Å². The molecule has 0 unspecified atom stereocenters. The molecule has 0 saturated carbocycles. The van der Waals surface area contributed by atoms with Gasteiger partial charge in [0.05, 0.1) is 14.2 Å². The smallest absolute Gasteiger partial charge is 0.408 e. The molecule has 0 bridgehead atoms. The molecule has 1 atom stereocenters. The van der Waals surface area contributed by atoms with Gasteiger partial charge in [-0.15, -0.1) is 0 Å². The van der Waals surface area contributed by atoms with Crippen molar-refractivity contribution in [2.45, 2.75) is 32.4 Å². The first-order chi connectivity index (χ1) is 9.26. The normalized spacial score (nSPS) is 12.4. The number of methoxy groups -OCH3 is 2. The Labute approximate surface area is 117 Å². The maximum atomic E-state index is 11.7. The van der Waals surface area contributed by atoms with E-state index in [0.717, 1.165) is 0 Å². The maximum absolute atomic E-state index is 11.7. The summed E-state index contributed by atoms with van der Waals surface area (Å²) in [6, 6.07) is 1.94. The Morgan fingerprint density at radius 3 is 2.35 bits per heavy atom. The van der Waals surface area contributed by atoms with Gasteiger partial charge in [-0.2, -0.15) is 0 Å². The van der Waals surface area contributed by atoms with Crippen molar-refractivity contribution in [2.24, 2.45) is 0 Å². The second-order valence-electron chi connectivity index (χ2n) is 4.96. The molecule has 112 valence electrons. The second kappa shape index (κ2) is 6.31. The van der Waals surface area contributed by atoms with E-state index in [0.29, 0.717) is 0 Å². The molecular weight excluding hydrogens is 266 g/mol. The zero-order chi connectivity index (χ0) is 15.3. The molecule has 1 rings (SSSR count). The van der Waals surface area contributed by atoms with Gasteiger partial charge in [0.25, 0.3) is 5.95 Å². The van der Waals surface area contributed by atoms with E-state index in [1.165, 1.54) is 26.4 Å². The number of rotatable bonds is 4. The molecule has 0 aliphatic carbocycles. The molecule has 1 amide bonds. The van der Waals surface area contributed by atoms with Crippen LogP contribution in [0.15, 0.2) is 16.5 Å². The van der Waals surface area contributed by atoms with Crippen LogP contribution in [0, 0.1) is 0 Å². The highest BCUT2D eigenvalue weighted by Gasteiger charge is 2.29. The van der Waals surface area contributed by atoms with Crippen LogP contribution in [0.2, 0.25) is 0 Å². The molecule has 0 saturated heterocycles. The van der Waals surface area contributed by atoms with Crippen LogP contribution in [-0.4, -0.2) is 31.9 Å². The van der Waals surface area contributed by atoms with E-state index in [-0.39, 0.29) is 11.7 Å². The van der Waals surface area contributed by atoms with Crippen molar-refractivity contribution < 1.29 is 28.2 Å². The highest BCUT2D eigenvalue weighted by atomic mass is 16.6. The van der Waals surface area contributed by atoms with Gasteiger partial charge in [-0.1, -0.05) is 0 Å². The fourth-order valence-corrected chi connectivity index (χ4v) is 1.39. The van der Waals surface area contributed by atoms with Gasteiger partial charge < -0.3 is 23.9 Å². The molecule has 0 fully saturated rings. The van der Waals surface area contributed by atoms with Gasteiger partial charge in [0.2, 0.25) is 0 Å². The van der Waals surface area contributed by atoms with Crippen LogP contribution >= 0.6 is 0 Å². The summed E-state index contributed by atoms with van der Waals surface area (Å²) in [5.74, 6) is -0.257. The Kier molecular flexibility index (Phi) is 5.01. The SMILES string of the molecule is COC(=O)[C@@H](NC(=O)OC(C)(C)C)c1ccc(OC)o1. The summed E-state index contributed by atoms with van der Waals surface area (Å²) >= 11 is 0. The third kappa shape index (κ3) is 4.49. The van der Waals surface area contributed by atoms with E-state index in [1.54, 1.807) is 20.8 Å². The molecule has 0 aromatic carbocycles. The Hall–Kier alpha value is -2.18. The zero-order valence-electron chi connectivity index (χ0n) is 12.2. The van der Waals surface area contributed by atoms with E-state index in [2.05, 4.69) is 10.1 Å². The van der Waals surface area contributed by atoms with Crippen LogP contribution < -0.4 is 10.1 Å². The van der Waals surface area contributed by atoms with E-state index in [1.807, 2.05) is 0 Å². The van der Waals surface area contributed by atoms with Gasteiger partial charge in [-0.05, 0) is 26.8 Å². The molecule has 20 heavy (non-hydrogen) atoms. The van der Waals surface area contributed by atoms with Crippen molar-refractivity contribution in [1.29, 1.82) is 0 Å². The number of furan rings is 1. The van der Waals surface area contributed by atoms with E-state index >= 15 is 0 Å². The first-order valence-electron chi connectivity index (χ1n) is 5.98. The van der Waals surface area contributed by atoms with Crippen LogP contribution in [0.5, 0.6) is 5.95 Å². The van der Waals surface area contributed by atoms with Crippen molar-refractivity contribution in [2.75, 3.05) is 14.2 Å². The Morgan fingerprint density at radius 2 is 1.90 bits per heavy atom.